The van der Waals surface area contributed by atoms with Crippen molar-refractivity contribution in [3.8, 4) is 0 Å². The lowest BCUT2D eigenvalue weighted by molar-refractivity contribution is 0.00578. The first-order valence-electron chi connectivity index (χ1n) is 15.3. The maximum atomic E-state index is 12.8. The third kappa shape index (κ3) is 6.11. The van der Waals surface area contributed by atoms with Crippen LogP contribution in [0.15, 0.2) is 67.2 Å². The molecule has 1 fully saturated rings. The van der Waals surface area contributed by atoms with Gasteiger partial charge in [0.2, 0.25) is 0 Å². The van der Waals surface area contributed by atoms with Gasteiger partial charge in [-0.05, 0) is 115 Å². The largest absolute Gasteiger partial charge is 0.494 e. The zero-order valence-corrected chi connectivity index (χ0v) is 27.3. The van der Waals surface area contributed by atoms with Gasteiger partial charge < -0.3 is 9.31 Å². The van der Waals surface area contributed by atoms with Crippen molar-refractivity contribution in [1.82, 2.24) is 5.48 Å². The molecule has 0 saturated carbocycles. The van der Waals surface area contributed by atoms with Crippen molar-refractivity contribution < 1.29 is 18.9 Å². The Morgan fingerprint density at radius 2 is 1.33 bits per heavy atom. The smallest absolute Gasteiger partial charge is 0.399 e. The lowest BCUT2D eigenvalue weighted by Gasteiger charge is -2.42. The standard InChI is InChI=1S/C37H46BNO4/c1-24-21-31-32(35(5,6)20-19-34(31,3)4)22-30(24)25(2)27-13-15-28(16-14-27)33(40)39-41-23-26-11-17-29(18-12-26)38-42-36(7,8)37(9,10)43-38/h11-18,21-22H,2,19-20,23H2,1,3-10H3,(H,39,40). The number of aryl methyl sites for hydroxylation is 1. The Kier molecular flexibility index (Phi) is 8.04. The Hall–Kier alpha value is -3.19. The maximum Gasteiger partial charge on any atom is 0.494 e. The number of hydrogen-bond acceptors (Lipinski definition) is 4. The zero-order chi connectivity index (χ0) is 31.4. The van der Waals surface area contributed by atoms with Crippen LogP contribution in [0.1, 0.15) is 112 Å². The highest BCUT2D eigenvalue weighted by molar-refractivity contribution is 6.62. The molecule has 2 aliphatic rings. The first kappa shape index (κ1) is 31.2. The lowest BCUT2D eigenvalue weighted by atomic mass is 9.62. The van der Waals surface area contributed by atoms with Gasteiger partial charge >= 0.3 is 7.12 Å². The Labute approximate surface area is 258 Å². The Balaban J connectivity index is 1.19. The van der Waals surface area contributed by atoms with E-state index in [0.29, 0.717) is 5.56 Å². The molecule has 226 valence electrons. The van der Waals surface area contributed by atoms with E-state index in [1.807, 2.05) is 76.2 Å². The SMILES string of the molecule is C=C(c1ccc(C(=O)NOCc2ccc(B3OC(C)(C)C(C)(C)O3)cc2)cc1)c1cc2c(cc1C)C(C)(C)CCC2(C)C. The summed E-state index contributed by atoms with van der Waals surface area (Å²) in [4.78, 5) is 18.3. The zero-order valence-electron chi connectivity index (χ0n) is 27.3. The molecule has 0 bridgehead atoms. The van der Waals surface area contributed by atoms with Gasteiger partial charge in [0, 0.05) is 5.56 Å². The number of hydrogen-bond donors (Lipinski definition) is 1. The van der Waals surface area contributed by atoms with Crippen LogP contribution in [0.5, 0.6) is 0 Å². The number of amides is 1. The molecule has 0 unspecified atom stereocenters. The number of hydroxylamine groups is 1. The van der Waals surface area contributed by atoms with Gasteiger partial charge in [-0.25, -0.2) is 5.48 Å². The highest BCUT2D eigenvalue weighted by Crippen LogP contribution is 2.47. The fourth-order valence-electron chi connectivity index (χ4n) is 6.02. The molecule has 1 aliphatic carbocycles. The fraction of sp³-hybridized carbons (Fsp3) is 0.432. The molecule has 6 heteroatoms. The van der Waals surface area contributed by atoms with Gasteiger partial charge in [-0.2, -0.15) is 0 Å². The van der Waals surface area contributed by atoms with E-state index in [4.69, 9.17) is 14.1 Å². The third-order valence-corrected chi connectivity index (χ3v) is 9.93. The molecule has 0 radical (unpaired) electrons. The van der Waals surface area contributed by atoms with E-state index in [2.05, 4.69) is 58.8 Å². The van der Waals surface area contributed by atoms with E-state index in [9.17, 15) is 4.79 Å². The molecule has 3 aromatic carbocycles. The first-order valence-corrected chi connectivity index (χ1v) is 15.3. The second-order valence-electron chi connectivity index (χ2n) is 14.6. The van der Waals surface area contributed by atoms with Crippen LogP contribution in [0.2, 0.25) is 0 Å². The monoisotopic (exact) mass is 579 g/mol. The van der Waals surface area contributed by atoms with E-state index >= 15 is 0 Å². The Morgan fingerprint density at radius 3 is 1.88 bits per heavy atom. The van der Waals surface area contributed by atoms with Gasteiger partial charge in [0.05, 0.1) is 17.8 Å². The van der Waals surface area contributed by atoms with Crippen molar-refractivity contribution in [2.75, 3.05) is 0 Å². The summed E-state index contributed by atoms with van der Waals surface area (Å²) >= 11 is 0. The fourth-order valence-corrected chi connectivity index (χ4v) is 6.02. The van der Waals surface area contributed by atoms with Crippen molar-refractivity contribution >= 4 is 24.1 Å². The van der Waals surface area contributed by atoms with Crippen molar-refractivity contribution in [1.29, 1.82) is 0 Å². The van der Waals surface area contributed by atoms with Crippen molar-refractivity contribution in [3.63, 3.8) is 0 Å². The summed E-state index contributed by atoms with van der Waals surface area (Å²) in [6, 6.07) is 20.1. The Morgan fingerprint density at radius 1 is 0.814 bits per heavy atom. The molecule has 0 atom stereocenters. The van der Waals surface area contributed by atoms with E-state index in [1.54, 1.807) is 0 Å². The number of carbonyl (C=O) groups is 1. The van der Waals surface area contributed by atoms with Crippen molar-refractivity contribution in [2.45, 2.75) is 104 Å². The van der Waals surface area contributed by atoms with Gasteiger partial charge in [-0.1, -0.05) is 82.8 Å². The second kappa shape index (κ2) is 11.1. The first-order chi connectivity index (χ1) is 20.0. The molecular formula is C37H46BNO4. The molecule has 43 heavy (non-hydrogen) atoms. The van der Waals surface area contributed by atoms with Gasteiger partial charge in [-0.15, -0.1) is 0 Å². The summed E-state index contributed by atoms with van der Waals surface area (Å²) in [5, 5.41) is 0. The van der Waals surface area contributed by atoms with Gasteiger partial charge in [0.25, 0.3) is 5.91 Å². The van der Waals surface area contributed by atoms with E-state index in [1.165, 1.54) is 29.5 Å². The maximum absolute atomic E-state index is 12.8. The van der Waals surface area contributed by atoms with Crippen molar-refractivity contribution in [3.05, 3.63) is 106 Å². The van der Waals surface area contributed by atoms with Gasteiger partial charge in [-0.3, -0.25) is 9.63 Å². The number of carbonyl (C=O) groups excluding carboxylic acids is 1. The average molecular weight is 580 g/mol. The molecule has 5 nitrogen and oxygen atoms in total. The summed E-state index contributed by atoms with van der Waals surface area (Å²) in [5.41, 5.74) is 11.7. The summed E-state index contributed by atoms with van der Waals surface area (Å²) in [6.45, 7) is 24.4. The lowest BCUT2D eigenvalue weighted by Crippen LogP contribution is -2.41. The van der Waals surface area contributed by atoms with Crippen LogP contribution in [0.4, 0.5) is 0 Å². The molecular weight excluding hydrogens is 533 g/mol. The molecule has 3 aromatic rings. The summed E-state index contributed by atoms with van der Waals surface area (Å²) in [7, 11) is -0.408. The molecule has 0 spiro atoms. The van der Waals surface area contributed by atoms with Crippen LogP contribution in [0.3, 0.4) is 0 Å². The third-order valence-electron chi connectivity index (χ3n) is 9.93. The summed E-state index contributed by atoms with van der Waals surface area (Å²) in [6.07, 6.45) is 2.36. The highest BCUT2D eigenvalue weighted by Gasteiger charge is 2.51. The van der Waals surface area contributed by atoms with Crippen LogP contribution >= 0.6 is 0 Å². The molecule has 1 amide bonds. The average Bonchev–Trinajstić information content (AvgIpc) is 3.17. The van der Waals surface area contributed by atoms with Crippen LogP contribution < -0.4 is 10.9 Å². The molecule has 5 rings (SSSR count). The predicted octanol–water partition coefficient (Wildman–Crippen LogP) is 7.57. The predicted molar refractivity (Wildman–Crippen MR) is 175 cm³/mol. The Bertz CT molecular complexity index is 1520. The summed E-state index contributed by atoms with van der Waals surface area (Å²) in [5.74, 6) is -0.292. The molecule has 1 saturated heterocycles. The highest BCUT2D eigenvalue weighted by atomic mass is 16.7. The van der Waals surface area contributed by atoms with Crippen LogP contribution in [-0.2, 0) is 31.6 Å². The molecule has 1 N–H and O–H groups in total. The van der Waals surface area contributed by atoms with Crippen LogP contribution in [0, 0.1) is 6.92 Å². The van der Waals surface area contributed by atoms with Crippen LogP contribution in [-0.4, -0.2) is 24.2 Å². The minimum atomic E-state index is -0.408. The van der Waals surface area contributed by atoms with Crippen molar-refractivity contribution in [2.24, 2.45) is 0 Å². The van der Waals surface area contributed by atoms with Gasteiger partial charge in [0.15, 0.2) is 0 Å². The number of benzene rings is 3. The second-order valence-corrected chi connectivity index (χ2v) is 14.6. The number of fused-ring (bicyclic) bond motifs is 1. The topological polar surface area (TPSA) is 56.8 Å². The number of nitrogens with one attached hydrogen (secondary N) is 1. The van der Waals surface area contributed by atoms with E-state index in [-0.39, 0.29) is 34.5 Å². The number of rotatable bonds is 7. The normalized spacial score (nSPS) is 19.5. The molecule has 1 aliphatic heterocycles. The molecule has 0 aromatic heterocycles. The van der Waals surface area contributed by atoms with Gasteiger partial charge in [0.1, 0.15) is 0 Å². The summed E-state index contributed by atoms with van der Waals surface area (Å²) < 4.78 is 12.3. The quantitative estimate of drug-likeness (QED) is 0.232. The molecule has 1 heterocycles. The van der Waals surface area contributed by atoms with Crippen LogP contribution in [0.25, 0.3) is 5.57 Å². The van der Waals surface area contributed by atoms with E-state index < -0.39 is 7.12 Å². The minimum Gasteiger partial charge on any atom is -0.399 e. The minimum absolute atomic E-state index is 0.130. The van der Waals surface area contributed by atoms with E-state index in [0.717, 1.165) is 27.7 Å².